The zero-order valence-electron chi connectivity index (χ0n) is 14.9. The van der Waals surface area contributed by atoms with Crippen molar-refractivity contribution in [3.05, 3.63) is 16.2 Å². The van der Waals surface area contributed by atoms with Crippen LogP contribution in [-0.2, 0) is 9.47 Å². The summed E-state index contributed by atoms with van der Waals surface area (Å²) in [5.74, 6) is -1.02. The first-order valence-corrected chi connectivity index (χ1v) is 7.57. The molecule has 0 saturated carbocycles. The number of anilines is 1. The Kier molecular flexibility index (Phi) is 4.56. The molecule has 0 fully saturated rings. The topological polar surface area (TPSA) is 139 Å². The number of aromatic nitrogens is 4. The second kappa shape index (κ2) is 6.19. The van der Waals surface area contributed by atoms with E-state index in [1.165, 1.54) is 0 Å². The van der Waals surface area contributed by atoms with E-state index in [0.29, 0.717) is 0 Å². The Bertz CT molecular complexity index is 869. The number of fused-ring (bicyclic) bond motifs is 1. The number of hydrogen-bond donors (Lipinski definition) is 3. The van der Waals surface area contributed by atoms with Gasteiger partial charge in [0.15, 0.2) is 11.2 Å². The number of esters is 1. The van der Waals surface area contributed by atoms with E-state index in [9.17, 15) is 14.4 Å². The maximum atomic E-state index is 12.1. The molecule has 0 aliphatic heterocycles. The summed E-state index contributed by atoms with van der Waals surface area (Å²) in [6.45, 7) is 10.2. The monoisotopic (exact) mass is 351 g/mol. The highest BCUT2D eigenvalue weighted by atomic mass is 16.6. The molecule has 0 aliphatic carbocycles. The van der Waals surface area contributed by atoms with Crippen LogP contribution in [0.4, 0.5) is 10.7 Å². The van der Waals surface area contributed by atoms with Crippen LogP contribution in [0.15, 0.2) is 4.79 Å². The highest BCUT2D eigenvalue weighted by Gasteiger charge is 2.23. The van der Waals surface area contributed by atoms with Gasteiger partial charge in [0.05, 0.1) is 0 Å². The fraction of sp³-hybridized carbons (Fsp3) is 0.533. The number of hydrogen-bond acceptors (Lipinski definition) is 7. The lowest BCUT2D eigenvalue weighted by Gasteiger charge is -2.19. The molecule has 2 rings (SSSR count). The van der Waals surface area contributed by atoms with Crippen molar-refractivity contribution in [3.63, 3.8) is 0 Å². The smallest absolute Gasteiger partial charge is 0.414 e. The summed E-state index contributed by atoms with van der Waals surface area (Å²) in [5.41, 5.74) is -2.05. The predicted molar refractivity (Wildman–Crippen MR) is 89.5 cm³/mol. The summed E-state index contributed by atoms with van der Waals surface area (Å²) in [4.78, 5) is 48.7. The van der Waals surface area contributed by atoms with Crippen molar-refractivity contribution < 1.29 is 19.1 Å². The molecular weight excluding hydrogens is 330 g/mol. The number of nitrogens with one attached hydrogen (secondary N) is 3. The van der Waals surface area contributed by atoms with Gasteiger partial charge in [-0.1, -0.05) is 0 Å². The minimum atomic E-state index is -0.780. The Morgan fingerprint density at radius 3 is 2.12 bits per heavy atom. The van der Waals surface area contributed by atoms with E-state index >= 15 is 0 Å². The Morgan fingerprint density at radius 1 is 0.960 bits per heavy atom. The van der Waals surface area contributed by atoms with Gasteiger partial charge in [-0.15, -0.1) is 0 Å². The summed E-state index contributed by atoms with van der Waals surface area (Å²) in [6.07, 6.45) is -0.780. The van der Waals surface area contributed by atoms with Gasteiger partial charge in [-0.05, 0) is 41.5 Å². The summed E-state index contributed by atoms with van der Waals surface area (Å²) in [5, 5.41) is 2.31. The van der Waals surface area contributed by atoms with Crippen LogP contribution in [-0.4, -0.2) is 43.2 Å². The third kappa shape index (κ3) is 5.03. The summed E-state index contributed by atoms with van der Waals surface area (Å²) in [7, 11) is 0. The standard InChI is InChI=1S/C15H21N5O5/c1-14(2,3)24-11(22)9-16-7-8(17-9)18-12(19-10(7)21)20-13(23)25-15(4,5)6/h1-6H3,(H3,16,17,18,19,20,21,23). The lowest BCUT2D eigenvalue weighted by Crippen LogP contribution is -2.28. The predicted octanol–water partition coefficient (Wildman–Crippen LogP) is 1.95. The number of carbonyl (C=O) groups excluding carboxylic acids is 2. The number of carbonyl (C=O) groups is 2. The molecule has 0 radical (unpaired) electrons. The van der Waals surface area contributed by atoms with Crippen LogP contribution in [0.1, 0.15) is 52.2 Å². The van der Waals surface area contributed by atoms with Crippen molar-refractivity contribution >= 4 is 29.2 Å². The first kappa shape index (κ1) is 18.4. The van der Waals surface area contributed by atoms with E-state index in [2.05, 4.69) is 25.3 Å². The van der Waals surface area contributed by atoms with Crippen molar-refractivity contribution in [2.75, 3.05) is 5.32 Å². The molecule has 0 atom stereocenters. The van der Waals surface area contributed by atoms with Gasteiger partial charge in [0, 0.05) is 0 Å². The molecule has 0 saturated heterocycles. The Balaban J connectivity index is 2.28. The number of imidazole rings is 1. The molecule has 2 heterocycles. The number of H-pyrrole nitrogens is 2. The minimum absolute atomic E-state index is 0.00408. The maximum Gasteiger partial charge on any atom is 0.414 e. The molecule has 0 bridgehead atoms. The van der Waals surface area contributed by atoms with Gasteiger partial charge in [0.1, 0.15) is 11.2 Å². The second-order valence-electron chi connectivity index (χ2n) is 7.33. The highest BCUT2D eigenvalue weighted by molar-refractivity contribution is 5.90. The zero-order valence-corrected chi connectivity index (χ0v) is 14.9. The first-order chi connectivity index (χ1) is 11.3. The lowest BCUT2D eigenvalue weighted by molar-refractivity contribution is 0.00569. The van der Waals surface area contributed by atoms with Gasteiger partial charge in [-0.2, -0.15) is 4.98 Å². The van der Waals surface area contributed by atoms with Crippen LogP contribution in [0.3, 0.4) is 0 Å². The van der Waals surface area contributed by atoms with Gasteiger partial charge >= 0.3 is 12.1 Å². The van der Waals surface area contributed by atoms with Crippen LogP contribution in [0.2, 0.25) is 0 Å². The SMILES string of the molecule is CC(C)(C)OC(=O)Nc1nc2nc(C(=O)OC(C)(C)C)[nH]c2c(=O)[nH]1. The molecule has 0 unspecified atom stereocenters. The van der Waals surface area contributed by atoms with E-state index in [0.717, 1.165) is 0 Å². The summed E-state index contributed by atoms with van der Waals surface area (Å²) in [6, 6.07) is 0. The summed E-state index contributed by atoms with van der Waals surface area (Å²) < 4.78 is 10.3. The van der Waals surface area contributed by atoms with Crippen molar-refractivity contribution in [2.24, 2.45) is 0 Å². The van der Waals surface area contributed by atoms with Crippen molar-refractivity contribution in [2.45, 2.75) is 52.7 Å². The van der Waals surface area contributed by atoms with E-state index in [1.807, 2.05) is 0 Å². The first-order valence-electron chi connectivity index (χ1n) is 7.57. The van der Waals surface area contributed by atoms with Crippen molar-refractivity contribution in [3.8, 4) is 0 Å². The largest absolute Gasteiger partial charge is 0.454 e. The Labute approximate surface area is 143 Å². The number of aromatic amines is 2. The Hall–Kier alpha value is -2.91. The van der Waals surface area contributed by atoms with Gasteiger partial charge < -0.3 is 14.5 Å². The minimum Gasteiger partial charge on any atom is -0.454 e. The van der Waals surface area contributed by atoms with E-state index in [-0.39, 0.29) is 22.9 Å². The number of nitrogens with zero attached hydrogens (tertiary/aromatic N) is 2. The average Bonchev–Trinajstić information content (AvgIpc) is 2.78. The fourth-order valence-corrected chi connectivity index (χ4v) is 1.79. The molecule has 10 heteroatoms. The maximum absolute atomic E-state index is 12.1. The van der Waals surface area contributed by atoms with E-state index in [1.54, 1.807) is 41.5 Å². The third-order valence-electron chi connectivity index (χ3n) is 2.57. The van der Waals surface area contributed by atoms with Crippen LogP contribution in [0.5, 0.6) is 0 Å². The van der Waals surface area contributed by atoms with Crippen LogP contribution < -0.4 is 10.9 Å². The molecule has 1 amide bonds. The molecule has 0 aliphatic rings. The van der Waals surface area contributed by atoms with Gasteiger partial charge in [-0.25, -0.2) is 14.6 Å². The van der Waals surface area contributed by atoms with Crippen LogP contribution >= 0.6 is 0 Å². The third-order valence-corrected chi connectivity index (χ3v) is 2.57. The lowest BCUT2D eigenvalue weighted by atomic mass is 10.2. The van der Waals surface area contributed by atoms with E-state index < -0.39 is 28.8 Å². The van der Waals surface area contributed by atoms with E-state index in [4.69, 9.17) is 9.47 Å². The van der Waals surface area contributed by atoms with Crippen molar-refractivity contribution in [1.29, 1.82) is 0 Å². The molecule has 0 spiro atoms. The van der Waals surface area contributed by atoms with Gasteiger partial charge in [0.25, 0.3) is 5.56 Å². The van der Waals surface area contributed by atoms with Gasteiger partial charge in [0.2, 0.25) is 11.8 Å². The molecule has 2 aromatic rings. The second-order valence-corrected chi connectivity index (χ2v) is 7.33. The van der Waals surface area contributed by atoms with Crippen LogP contribution in [0.25, 0.3) is 11.2 Å². The molecule has 2 aromatic heterocycles. The molecule has 10 nitrogen and oxygen atoms in total. The molecule has 0 aromatic carbocycles. The normalized spacial score (nSPS) is 12.1. The Morgan fingerprint density at radius 2 is 1.56 bits per heavy atom. The fourth-order valence-electron chi connectivity index (χ4n) is 1.79. The number of amides is 1. The number of rotatable bonds is 2. The van der Waals surface area contributed by atoms with Crippen molar-refractivity contribution in [1.82, 2.24) is 19.9 Å². The molecule has 3 N–H and O–H groups in total. The van der Waals surface area contributed by atoms with Gasteiger partial charge in [-0.3, -0.25) is 15.1 Å². The zero-order chi connectivity index (χ0) is 19.0. The summed E-state index contributed by atoms with van der Waals surface area (Å²) >= 11 is 0. The van der Waals surface area contributed by atoms with Crippen LogP contribution in [0, 0.1) is 0 Å². The molecule has 136 valence electrons. The highest BCUT2D eigenvalue weighted by Crippen LogP contribution is 2.13. The molecular formula is C15H21N5O5. The molecule has 25 heavy (non-hydrogen) atoms. The number of ether oxygens (including phenoxy) is 2. The quantitative estimate of drug-likeness (QED) is 0.703. The average molecular weight is 351 g/mol.